The van der Waals surface area contributed by atoms with Crippen LogP contribution in [-0.4, -0.2) is 39.9 Å². The van der Waals surface area contributed by atoms with Gasteiger partial charge in [-0.2, -0.15) is 4.68 Å². The first-order chi connectivity index (χ1) is 11.6. The van der Waals surface area contributed by atoms with Crippen molar-refractivity contribution in [3.05, 3.63) is 36.0 Å². The Morgan fingerprint density at radius 3 is 2.40 bits per heavy atom. The second-order valence-electron chi connectivity index (χ2n) is 6.49. The van der Waals surface area contributed by atoms with Gasteiger partial charge in [0, 0.05) is 6.26 Å². The van der Waals surface area contributed by atoms with Crippen LogP contribution in [0.15, 0.2) is 44.2 Å². The van der Waals surface area contributed by atoms with E-state index in [0.717, 1.165) is 23.3 Å². The van der Waals surface area contributed by atoms with E-state index in [1.165, 1.54) is 23.5 Å². The lowest BCUT2D eigenvalue weighted by Crippen LogP contribution is -2.11. The van der Waals surface area contributed by atoms with Gasteiger partial charge in [0.1, 0.15) is 4.21 Å². The molecule has 132 valence electrons. The fraction of sp³-hybridized carbons (Fsp3) is 0.333. The van der Waals surface area contributed by atoms with Crippen molar-refractivity contribution < 1.29 is 8.42 Å². The van der Waals surface area contributed by atoms with Gasteiger partial charge in [-0.1, -0.05) is 44.2 Å². The summed E-state index contributed by atoms with van der Waals surface area (Å²) in [6.07, 6.45) is 2.52. The zero-order valence-corrected chi connectivity index (χ0v) is 16.6. The zero-order valence-electron chi connectivity index (χ0n) is 14.2. The van der Waals surface area contributed by atoms with Crippen LogP contribution in [0.1, 0.15) is 26.3 Å². The molecule has 10 heteroatoms. The highest BCUT2D eigenvalue weighted by Gasteiger charge is 2.17. The van der Waals surface area contributed by atoms with Crippen LogP contribution >= 0.6 is 23.1 Å². The largest absolute Gasteiger partial charge is 0.236 e. The van der Waals surface area contributed by atoms with E-state index < -0.39 is 9.84 Å². The lowest BCUT2D eigenvalue weighted by Gasteiger charge is -2.19. The molecular formula is C15H17N5O2S3. The van der Waals surface area contributed by atoms with E-state index in [4.69, 9.17) is 0 Å². The fourth-order valence-electron chi connectivity index (χ4n) is 2.05. The number of hydrogen-bond donors (Lipinski definition) is 0. The zero-order chi connectivity index (χ0) is 18.2. The second kappa shape index (κ2) is 6.50. The van der Waals surface area contributed by atoms with Gasteiger partial charge in [0.05, 0.1) is 11.9 Å². The van der Waals surface area contributed by atoms with E-state index in [1.807, 2.05) is 12.1 Å². The van der Waals surface area contributed by atoms with Gasteiger partial charge in [-0.05, 0) is 45.3 Å². The van der Waals surface area contributed by atoms with Gasteiger partial charge < -0.3 is 0 Å². The monoisotopic (exact) mass is 395 g/mol. The molecule has 0 N–H and O–H groups in total. The number of sulfone groups is 1. The number of rotatable bonds is 4. The molecule has 7 nitrogen and oxygen atoms in total. The summed E-state index contributed by atoms with van der Waals surface area (Å²) in [5.41, 5.74) is 2.12. The maximum Gasteiger partial charge on any atom is 0.221 e. The summed E-state index contributed by atoms with van der Waals surface area (Å²) >= 11 is 2.33. The van der Waals surface area contributed by atoms with Crippen LogP contribution < -0.4 is 0 Å². The molecule has 3 aromatic rings. The van der Waals surface area contributed by atoms with Crippen molar-refractivity contribution in [3.63, 3.8) is 0 Å². The molecule has 0 amide bonds. The Bertz CT molecular complexity index is 985. The van der Waals surface area contributed by atoms with E-state index in [9.17, 15) is 8.42 Å². The first-order valence-corrected chi connectivity index (χ1v) is 10.9. The summed E-state index contributed by atoms with van der Waals surface area (Å²) in [7, 11) is -3.26. The Hall–Kier alpha value is -1.78. The predicted molar refractivity (Wildman–Crippen MR) is 97.2 cm³/mol. The molecule has 0 saturated heterocycles. The lowest BCUT2D eigenvalue weighted by atomic mass is 9.87. The van der Waals surface area contributed by atoms with Gasteiger partial charge in [-0.25, -0.2) is 13.4 Å². The maximum atomic E-state index is 11.6. The molecule has 0 aliphatic heterocycles. The third-order valence-corrected chi connectivity index (χ3v) is 7.22. The highest BCUT2D eigenvalue weighted by Crippen LogP contribution is 2.32. The Balaban J connectivity index is 1.87. The van der Waals surface area contributed by atoms with E-state index >= 15 is 0 Å². The number of benzene rings is 1. The molecular weight excluding hydrogens is 378 g/mol. The molecule has 0 atom stereocenters. The fourth-order valence-corrected chi connectivity index (χ4v) is 4.90. The number of nitrogens with zero attached hydrogens (tertiary/aromatic N) is 5. The van der Waals surface area contributed by atoms with Crippen molar-refractivity contribution in [3.8, 4) is 5.69 Å². The Labute approximate surface area is 154 Å². The van der Waals surface area contributed by atoms with Crippen LogP contribution in [0.4, 0.5) is 0 Å². The van der Waals surface area contributed by atoms with Gasteiger partial charge in [0.15, 0.2) is 14.2 Å². The average Bonchev–Trinajstić information content (AvgIpc) is 3.16. The SMILES string of the molecule is CC(C)(C)c1ccc(-n2nnnc2Sc2ncc(S(C)(=O)=O)s2)cc1. The minimum Gasteiger partial charge on any atom is -0.236 e. The summed E-state index contributed by atoms with van der Waals surface area (Å²) in [4.78, 5) is 4.13. The molecule has 0 fully saturated rings. The molecule has 0 radical (unpaired) electrons. The Kier molecular flexibility index (Phi) is 4.69. The molecule has 1 aromatic carbocycles. The molecule has 2 aromatic heterocycles. The van der Waals surface area contributed by atoms with Crippen LogP contribution in [-0.2, 0) is 15.3 Å². The smallest absolute Gasteiger partial charge is 0.221 e. The molecule has 0 bridgehead atoms. The summed E-state index contributed by atoms with van der Waals surface area (Å²) in [6.45, 7) is 6.46. The summed E-state index contributed by atoms with van der Waals surface area (Å²) < 4.78 is 25.5. The minimum absolute atomic E-state index is 0.0691. The lowest BCUT2D eigenvalue weighted by molar-refractivity contribution is 0.589. The van der Waals surface area contributed by atoms with Crippen LogP contribution in [0.3, 0.4) is 0 Å². The molecule has 25 heavy (non-hydrogen) atoms. The van der Waals surface area contributed by atoms with E-state index in [1.54, 1.807) is 4.68 Å². The van der Waals surface area contributed by atoms with Crippen LogP contribution in [0.25, 0.3) is 5.69 Å². The number of aromatic nitrogens is 5. The van der Waals surface area contributed by atoms with Crippen molar-refractivity contribution in [1.82, 2.24) is 25.2 Å². The van der Waals surface area contributed by atoms with Gasteiger partial charge in [-0.3, -0.25) is 0 Å². The van der Waals surface area contributed by atoms with E-state index in [-0.39, 0.29) is 9.62 Å². The maximum absolute atomic E-state index is 11.6. The van der Waals surface area contributed by atoms with E-state index in [2.05, 4.69) is 53.4 Å². The normalized spacial score (nSPS) is 12.5. The van der Waals surface area contributed by atoms with Crippen molar-refractivity contribution in [1.29, 1.82) is 0 Å². The molecule has 2 heterocycles. The third kappa shape index (κ3) is 4.07. The summed E-state index contributed by atoms with van der Waals surface area (Å²) in [5, 5.41) is 12.3. The van der Waals surface area contributed by atoms with Gasteiger partial charge in [-0.15, -0.1) is 5.10 Å². The van der Waals surface area contributed by atoms with Crippen LogP contribution in [0.5, 0.6) is 0 Å². The van der Waals surface area contributed by atoms with Crippen LogP contribution in [0, 0.1) is 0 Å². The quantitative estimate of drug-likeness (QED) is 0.671. The molecule has 0 spiro atoms. The average molecular weight is 396 g/mol. The summed E-state index contributed by atoms with van der Waals surface area (Å²) in [5.74, 6) is 0. The highest BCUT2D eigenvalue weighted by atomic mass is 32.2. The molecule has 0 aliphatic rings. The van der Waals surface area contributed by atoms with Crippen molar-refractivity contribution >= 4 is 32.9 Å². The predicted octanol–water partition coefficient (Wildman–Crippen LogP) is 2.97. The first-order valence-electron chi connectivity index (χ1n) is 7.37. The van der Waals surface area contributed by atoms with Gasteiger partial charge >= 0.3 is 0 Å². The minimum atomic E-state index is -3.26. The van der Waals surface area contributed by atoms with Crippen molar-refractivity contribution in [2.75, 3.05) is 6.26 Å². The van der Waals surface area contributed by atoms with Gasteiger partial charge in [0.25, 0.3) is 0 Å². The van der Waals surface area contributed by atoms with Gasteiger partial charge in [0.2, 0.25) is 5.16 Å². The Morgan fingerprint density at radius 2 is 1.84 bits per heavy atom. The molecule has 0 unspecified atom stereocenters. The third-order valence-electron chi connectivity index (χ3n) is 3.43. The molecule has 0 saturated carbocycles. The number of tetrazole rings is 1. The van der Waals surface area contributed by atoms with E-state index in [0.29, 0.717) is 9.50 Å². The summed E-state index contributed by atoms with van der Waals surface area (Å²) in [6, 6.07) is 8.03. The highest BCUT2D eigenvalue weighted by molar-refractivity contribution is 8.01. The van der Waals surface area contributed by atoms with Crippen molar-refractivity contribution in [2.45, 2.75) is 39.9 Å². The molecule has 0 aliphatic carbocycles. The Morgan fingerprint density at radius 1 is 1.16 bits per heavy atom. The number of thiazole rings is 1. The van der Waals surface area contributed by atoms with Crippen molar-refractivity contribution in [2.24, 2.45) is 0 Å². The molecule has 3 rings (SSSR count). The topological polar surface area (TPSA) is 90.6 Å². The standard InChI is InChI=1S/C15H17N5O2S3/c1-15(2,3)10-5-7-11(8-6-10)20-13(17-18-19-20)24-14-16-9-12(23-14)25(4,21)22/h5-9H,1-4H3. The first kappa shape index (κ1) is 18.0. The second-order valence-corrected chi connectivity index (χ2v) is 11.0. The number of hydrogen-bond acceptors (Lipinski definition) is 8. The van der Waals surface area contributed by atoms with Crippen LogP contribution in [0.2, 0.25) is 0 Å².